The van der Waals surface area contributed by atoms with Crippen LogP contribution in [0.3, 0.4) is 0 Å². The Morgan fingerprint density at radius 3 is 2.60 bits per heavy atom. The van der Waals surface area contributed by atoms with E-state index in [-0.39, 0.29) is 25.0 Å². The second kappa shape index (κ2) is 8.19. The van der Waals surface area contributed by atoms with Crippen molar-refractivity contribution in [3.63, 3.8) is 0 Å². The molecular weight excluding hydrogens is 256 g/mol. The fraction of sp³-hybridized carbons (Fsp3) is 0.467. The van der Waals surface area contributed by atoms with Gasteiger partial charge in [0.2, 0.25) is 0 Å². The van der Waals surface area contributed by atoms with Gasteiger partial charge in [0.05, 0.1) is 6.42 Å². The van der Waals surface area contributed by atoms with Gasteiger partial charge in [0.15, 0.2) is 6.61 Å². The van der Waals surface area contributed by atoms with Crippen LogP contribution in [0.15, 0.2) is 24.3 Å². The fourth-order valence-electron chi connectivity index (χ4n) is 1.83. The van der Waals surface area contributed by atoms with Gasteiger partial charge in [-0.2, -0.15) is 0 Å². The van der Waals surface area contributed by atoms with Crippen LogP contribution < -0.4 is 11.1 Å². The number of nitrogens with one attached hydrogen (secondary N) is 1. The van der Waals surface area contributed by atoms with Crippen molar-refractivity contribution in [1.82, 2.24) is 5.32 Å². The SMILES string of the molecule is CCC(CC)NC(=O)COC(=O)Cc1cccc(N)c1. The summed E-state index contributed by atoms with van der Waals surface area (Å²) in [7, 11) is 0. The van der Waals surface area contributed by atoms with E-state index >= 15 is 0 Å². The second-order valence-corrected chi connectivity index (χ2v) is 4.66. The molecule has 5 heteroatoms. The molecule has 0 atom stereocenters. The highest BCUT2D eigenvalue weighted by molar-refractivity contribution is 5.81. The lowest BCUT2D eigenvalue weighted by Crippen LogP contribution is -2.37. The maximum Gasteiger partial charge on any atom is 0.310 e. The number of carbonyl (C=O) groups excluding carboxylic acids is 2. The van der Waals surface area contributed by atoms with E-state index in [2.05, 4.69) is 5.32 Å². The summed E-state index contributed by atoms with van der Waals surface area (Å²) in [6, 6.07) is 7.17. The van der Waals surface area contributed by atoms with Gasteiger partial charge in [-0.25, -0.2) is 0 Å². The summed E-state index contributed by atoms with van der Waals surface area (Å²) in [5.74, 6) is -0.699. The molecule has 0 saturated heterocycles. The minimum atomic E-state index is -0.435. The van der Waals surface area contributed by atoms with E-state index in [0.29, 0.717) is 5.69 Å². The zero-order valence-electron chi connectivity index (χ0n) is 12.0. The van der Waals surface area contributed by atoms with Crippen LogP contribution >= 0.6 is 0 Å². The average Bonchev–Trinajstić information content (AvgIpc) is 2.42. The molecule has 1 amide bonds. The number of anilines is 1. The Labute approximate surface area is 119 Å². The van der Waals surface area contributed by atoms with Crippen LogP contribution in [0.25, 0.3) is 0 Å². The van der Waals surface area contributed by atoms with Crippen molar-refractivity contribution in [3.05, 3.63) is 29.8 Å². The monoisotopic (exact) mass is 278 g/mol. The molecule has 0 fully saturated rings. The maximum absolute atomic E-state index is 11.6. The minimum Gasteiger partial charge on any atom is -0.455 e. The van der Waals surface area contributed by atoms with Gasteiger partial charge in [0, 0.05) is 11.7 Å². The summed E-state index contributed by atoms with van der Waals surface area (Å²) >= 11 is 0. The van der Waals surface area contributed by atoms with E-state index < -0.39 is 5.97 Å². The Morgan fingerprint density at radius 1 is 1.30 bits per heavy atom. The normalized spacial score (nSPS) is 10.3. The van der Waals surface area contributed by atoms with Crippen LogP contribution in [0.1, 0.15) is 32.3 Å². The molecule has 0 aliphatic carbocycles. The van der Waals surface area contributed by atoms with E-state index in [1.165, 1.54) is 0 Å². The van der Waals surface area contributed by atoms with Crippen molar-refractivity contribution in [2.45, 2.75) is 39.2 Å². The van der Waals surface area contributed by atoms with E-state index in [9.17, 15) is 9.59 Å². The molecule has 0 spiro atoms. The first-order chi connectivity index (χ1) is 9.55. The van der Waals surface area contributed by atoms with Gasteiger partial charge in [0.25, 0.3) is 5.91 Å². The van der Waals surface area contributed by atoms with Crippen LogP contribution in [0.5, 0.6) is 0 Å². The standard InChI is InChI=1S/C15H22N2O3/c1-3-13(4-2)17-14(18)10-20-15(19)9-11-6-5-7-12(16)8-11/h5-8,13H,3-4,9-10,16H2,1-2H3,(H,17,18). The third-order valence-electron chi connectivity index (χ3n) is 3.01. The van der Waals surface area contributed by atoms with E-state index in [1.54, 1.807) is 24.3 Å². The number of ether oxygens (including phenoxy) is 1. The summed E-state index contributed by atoms with van der Waals surface area (Å²) in [6.45, 7) is 3.76. The number of hydrogen-bond donors (Lipinski definition) is 2. The number of nitrogen functional groups attached to an aromatic ring is 1. The lowest BCUT2D eigenvalue weighted by molar-refractivity contribution is -0.148. The zero-order valence-corrected chi connectivity index (χ0v) is 12.0. The summed E-state index contributed by atoms with van der Waals surface area (Å²) in [6.07, 6.45) is 1.84. The van der Waals surface area contributed by atoms with Crippen molar-refractivity contribution in [2.24, 2.45) is 0 Å². The first-order valence-electron chi connectivity index (χ1n) is 6.84. The van der Waals surface area contributed by atoms with Crippen molar-refractivity contribution in [3.8, 4) is 0 Å². The van der Waals surface area contributed by atoms with Gasteiger partial charge >= 0.3 is 5.97 Å². The van der Waals surface area contributed by atoms with Crippen molar-refractivity contribution in [2.75, 3.05) is 12.3 Å². The molecule has 0 bridgehead atoms. The summed E-state index contributed by atoms with van der Waals surface area (Å²) in [4.78, 5) is 23.2. The first-order valence-corrected chi connectivity index (χ1v) is 6.84. The summed E-state index contributed by atoms with van der Waals surface area (Å²) in [5.41, 5.74) is 7.00. The average molecular weight is 278 g/mol. The number of esters is 1. The Bertz CT molecular complexity index is 456. The molecule has 0 aliphatic heterocycles. The van der Waals surface area contributed by atoms with Gasteiger partial charge in [-0.05, 0) is 30.5 Å². The lowest BCUT2D eigenvalue weighted by Gasteiger charge is -2.14. The number of amides is 1. The summed E-state index contributed by atoms with van der Waals surface area (Å²) in [5, 5.41) is 2.81. The molecule has 1 aromatic carbocycles. The highest BCUT2D eigenvalue weighted by Gasteiger charge is 2.11. The second-order valence-electron chi connectivity index (χ2n) is 4.66. The Morgan fingerprint density at radius 2 is 2.00 bits per heavy atom. The van der Waals surface area contributed by atoms with E-state index in [1.807, 2.05) is 13.8 Å². The van der Waals surface area contributed by atoms with E-state index in [4.69, 9.17) is 10.5 Å². The van der Waals surface area contributed by atoms with Crippen molar-refractivity contribution < 1.29 is 14.3 Å². The lowest BCUT2D eigenvalue weighted by atomic mass is 10.1. The Kier molecular flexibility index (Phi) is 6.56. The van der Waals surface area contributed by atoms with Crippen molar-refractivity contribution >= 4 is 17.6 Å². The predicted molar refractivity (Wildman–Crippen MR) is 78.0 cm³/mol. The topological polar surface area (TPSA) is 81.4 Å². The van der Waals surface area contributed by atoms with Gasteiger partial charge in [-0.3, -0.25) is 9.59 Å². The molecule has 1 aromatic rings. The molecule has 0 radical (unpaired) electrons. The predicted octanol–water partition coefficient (Wildman–Crippen LogP) is 1.66. The molecule has 1 rings (SSSR count). The molecule has 0 heterocycles. The molecule has 0 aliphatic rings. The highest BCUT2D eigenvalue weighted by atomic mass is 16.5. The third-order valence-corrected chi connectivity index (χ3v) is 3.01. The quantitative estimate of drug-likeness (QED) is 0.587. The number of rotatable bonds is 7. The van der Waals surface area contributed by atoms with Gasteiger partial charge in [-0.1, -0.05) is 26.0 Å². The maximum atomic E-state index is 11.6. The molecular formula is C15H22N2O3. The summed E-state index contributed by atoms with van der Waals surface area (Å²) < 4.78 is 4.95. The van der Waals surface area contributed by atoms with Crippen LogP contribution in [0.4, 0.5) is 5.69 Å². The number of hydrogen-bond acceptors (Lipinski definition) is 4. The minimum absolute atomic E-state index is 0.114. The van der Waals surface area contributed by atoms with Crippen LogP contribution in [-0.2, 0) is 20.7 Å². The smallest absolute Gasteiger partial charge is 0.310 e. The number of carbonyl (C=O) groups is 2. The third kappa shape index (κ3) is 5.73. The highest BCUT2D eigenvalue weighted by Crippen LogP contribution is 2.07. The molecule has 0 aromatic heterocycles. The first kappa shape index (κ1) is 16.0. The van der Waals surface area contributed by atoms with Crippen LogP contribution in [0, 0.1) is 0 Å². The van der Waals surface area contributed by atoms with Gasteiger partial charge in [0.1, 0.15) is 0 Å². The Balaban J connectivity index is 2.34. The largest absolute Gasteiger partial charge is 0.455 e. The van der Waals surface area contributed by atoms with Crippen LogP contribution in [-0.4, -0.2) is 24.5 Å². The van der Waals surface area contributed by atoms with Gasteiger partial charge in [-0.15, -0.1) is 0 Å². The zero-order chi connectivity index (χ0) is 15.0. The number of nitrogens with two attached hydrogens (primary N) is 1. The molecule has 0 saturated carbocycles. The molecule has 20 heavy (non-hydrogen) atoms. The van der Waals surface area contributed by atoms with Crippen LogP contribution in [0.2, 0.25) is 0 Å². The molecule has 3 N–H and O–H groups in total. The molecule has 110 valence electrons. The molecule has 0 unspecified atom stereocenters. The number of benzene rings is 1. The van der Waals surface area contributed by atoms with Gasteiger partial charge < -0.3 is 15.8 Å². The fourth-order valence-corrected chi connectivity index (χ4v) is 1.83. The van der Waals surface area contributed by atoms with E-state index in [0.717, 1.165) is 18.4 Å². The Hall–Kier alpha value is -2.04. The molecule has 5 nitrogen and oxygen atoms in total. The van der Waals surface area contributed by atoms with Crippen molar-refractivity contribution in [1.29, 1.82) is 0 Å².